The highest BCUT2D eigenvalue weighted by Crippen LogP contribution is 2.15. The number of hydrogen-bond donors (Lipinski definition) is 2. The Kier molecular flexibility index (Phi) is 3.58. The molecule has 2 N–H and O–H groups in total. The number of piperidine rings is 1. The summed E-state index contributed by atoms with van der Waals surface area (Å²) in [6.07, 6.45) is 2.49. The first-order valence-electron chi connectivity index (χ1n) is 6.83. The van der Waals surface area contributed by atoms with Crippen LogP contribution in [-0.4, -0.2) is 19.1 Å². The molecule has 1 heterocycles. The van der Waals surface area contributed by atoms with Crippen molar-refractivity contribution in [1.82, 2.24) is 10.6 Å². The zero-order valence-electron chi connectivity index (χ0n) is 10.7. The average Bonchev–Trinajstić information content (AvgIpc) is 2.46. The van der Waals surface area contributed by atoms with E-state index in [1.54, 1.807) is 0 Å². The van der Waals surface area contributed by atoms with Gasteiger partial charge in [0, 0.05) is 12.6 Å². The number of benzene rings is 2. The van der Waals surface area contributed by atoms with E-state index in [0.29, 0.717) is 6.04 Å². The molecule has 1 fully saturated rings. The van der Waals surface area contributed by atoms with Gasteiger partial charge in [-0.05, 0) is 48.3 Å². The third kappa shape index (κ3) is 2.71. The van der Waals surface area contributed by atoms with E-state index in [1.807, 2.05) is 0 Å². The molecule has 0 saturated carbocycles. The quantitative estimate of drug-likeness (QED) is 0.862. The summed E-state index contributed by atoms with van der Waals surface area (Å²) in [6.45, 7) is 3.28. The molecule has 0 spiro atoms. The first kappa shape index (κ1) is 11.7. The van der Waals surface area contributed by atoms with Crippen LogP contribution in [0.25, 0.3) is 10.8 Å². The summed E-state index contributed by atoms with van der Waals surface area (Å²) in [6, 6.07) is 16.0. The van der Waals surface area contributed by atoms with E-state index in [-0.39, 0.29) is 0 Å². The molecule has 2 aromatic rings. The molecule has 18 heavy (non-hydrogen) atoms. The van der Waals surface area contributed by atoms with Crippen molar-refractivity contribution in [1.29, 1.82) is 0 Å². The largest absolute Gasteiger partial charge is 0.317 e. The Bertz CT molecular complexity index is 515. The van der Waals surface area contributed by atoms with Crippen LogP contribution in [-0.2, 0) is 6.54 Å². The summed E-state index contributed by atoms with van der Waals surface area (Å²) >= 11 is 0. The minimum atomic E-state index is 0.678. The lowest BCUT2D eigenvalue weighted by molar-refractivity contribution is 0.386. The van der Waals surface area contributed by atoms with Crippen molar-refractivity contribution < 1.29 is 0 Å². The van der Waals surface area contributed by atoms with E-state index in [1.165, 1.54) is 29.2 Å². The molecule has 1 saturated heterocycles. The average molecular weight is 240 g/mol. The summed E-state index contributed by atoms with van der Waals surface area (Å²) in [7, 11) is 0. The van der Waals surface area contributed by atoms with Crippen molar-refractivity contribution in [3.63, 3.8) is 0 Å². The lowest BCUT2D eigenvalue weighted by Crippen LogP contribution is -2.39. The zero-order valence-corrected chi connectivity index (χ0v) is 10.7. The van der Waals surface area contributed by atoms with Crippen molar-refractivity contribution >= 4 is 10.8 Å². The maximum Gasteiger partial charge on any atom is 0.0208 e. The molecule has 0 aromatic heterocycles. The molecule has 3 rings (SSSR count). The predicted molar refractivity (Wildman–Crippen MR) is 76.7 cm³/mol. The Morgan fingerprint density at radius 1 is 1.00 bits per heavy atom. The van der Waals surface area contributed by atoms with Gasteiger partial charge in [0.15, 0.2) is 0 Å². The van der Waals surface area contributed by atoms with Gasteiger partial charge in [-0.25, -0.2) is 0 Å². The molecule has 2 heteroatoms. The fraction of sp³-hybridized carbons (Fsp3) is 0.375. The second-order valence-corrected chi connectivity index (χ2v) is 5.09. The Morgan fingerprint density at radius 2 is 1.78 bits per heavy atom. The van der Waals surface area contributed by atoms with Crippen molar-refractivity contribution in [3.05, 3.63) is 48.0 Å². The fourth-order valence-corrected chi connectivity index (χ4v) is 2.64. The number of nitrogens with one attached hydrogen (secondary N) is 2. The minimum absolute atomic E-state index is 0.678. The van der Waals surface area contributed by atoms with Gasteiger partial charge in [0.2, 0.25) is 0 Å². The van der Waals surface area contributed by atoms with Crippen LogP contribution in [0.15, 0.2) is 42.5 Å². The topological polar surface area (TPSA) is 24.1 Å². The molecule has 0 unspecified atom stereocenters. The molecule has 1 aliphatic rings. The highest BCUT2D eigenvalue weighted by molar-refractivity contribution is 5.82. The van der Waals surface area contributed by atoms with Crippen LogP contribution in [0.3, 0.4) is 0 Å². The number of fused-ring (bicyclic) bond motifs is 1. The zero-order chi connectivity index (χ0) is 12.2. The standard InChI is InChI=1S/C16H20N2/c1-2-4-15-11-13(5-6-14(15)3-1)12-18-16-7-9-17-10-8-16/h1-6,11,16-18H,7-10,12H2. The minimum Gasteiger partial charge on any atom is -0.317 e. The van der Waals surface area contributed by atoms with Crippen LogP contribution in [0.1, 0.15) is 18.4 Å². The summed E-state index contributed by atoms with van der Waals surface area (Å²) in [5, 5.41) is 9.72. The Morgan fingerprint density at radius 3 is 2.61 bits per heavy atom. The summed E-state index contributed by atoms with van der Waals surface area (Å²) in [5.74, 6) is 0. The van der Waals surface area contributed by atoms with E-state index in [2.05, 4.69) is 53.1 Å². The van der Waals surface area contributed by atoms with Gasteiger partial charge < -0.3 is 10.6 Å². The molecule has 2 nitrogen and oxygen atoms in total. The lowest BCUT2D eigenvalue weighted by atomic mass is 10.0. The molecular formula is C16H20N2. The molecule has 1 aliphatic heterocycles. The Hall–Kier alpha value is -1.38. The van der Waals surface area contributed by atoms with Gasteiger partial charge in [-0.2, -0.15) is 0 Å². The van der Waals surface area contributed by atoms with Crippen molar-refractivity contribution in [3.8, 4) is 0 Å². The van der Waals surface area contributed by atoms with Crippen LogP contribution < -0.4 is 10.6 Å². The van der Waals surface area contributed by atoms with Crippen molar-refractivity contribution in [2.24, 2.45) is 0 Å². The molecule has 0 aliphatic carbocycles. The fourth-order valence-electron chi connectivity index (χ4n) is 2.64. The summed E-state index contributed by atoms with van der Waals surface area (Å²) in [5.41, 5.74) is 1.38. The first-order valence-corrected chi connectivity index (χ1v) is 6.83. The predicted octanol–water partition coefficient (Wildman–Crippen LogP) is 2.68. The third-order valence-electron chi connectivity index (χ3n) is 3.75. The third-order valence-corrected chi connectivity index (χ3v) is 3.75. The van der Waals surface area contributed by atoms with Crippen molar-refractivity contribution in [2.75, 3.05) is 13.1 Å². The van der Waals surface area contributed by atoms with Gasteiger partial charge >= 0.3 is 0 Å². The van der Waals surface area contributed by atoms with Crippen molar-refractivity contribution in [2.45, 2.75) is 25.4 Å². The van der Waals surface area contributed by atoms with Crippen LogP contribution >= 0.6 is 0 Å². The molecule has 2 aromatic carbocycles. The van der Waals surface area contributed by atoms with Gasteiger partial charge in [0.05, 0.1) is 0 Å². The van der Waals surface area contributed by atoms with Gasteiger partial charge in [0.25, 0.3) is 0 Å². The Labute approximate surface area is 108 Å². The molecule has 0 radical (unpaired) electrons. The van der Waals surface area contributed by atoms with E-state index >= 15 is 0 Å². The molecular weight excluding hydrogens is 220 g/mol. The van der Waals surface area contributed by atoms with Gasteiger partial charge in [-0.3, -0.25) is 0 Å². The SMILES string of the molecule is c1ccc2cc(CNC3CCNCC3)ccc2c1. The monoisotopic (exact) mass is 240 g/mol. The molecule has 94 valence electrons. The highest BCUT2D eigenvalue weighted by Gasteiger charge is 2.11. The molecule has 0 atom stereocenters. The smallest absolute Gasteiger partial charge is 0.0208 e. The van der Waals surface area contributed by atoms with Crippen LogP contribution in [0, 0.1) is 0 Å². The first-order chi connectivity index (χ1) is 8.92. The van der Waals surface area contributed by atoms with Gasteiger partial charge in [0.1, 0.15) is 0 Å². The highest BCUT2D eigenvalue weighted by atomic mass is 15.0. The maximum absolute atomic E-state index is 3.66. The van der Waals surface area contributed by atoms with E-state index in [0.717, 1.165) is 19.6 Å². The summed E-state index contributed by atoms with van der Waals surface area (Å²) < 4.78 is 0. The van der Waals surface area contributed by atoms with E-state index < -0.39 is 0 Å². The van der Waals surface area contributed by atoms with Gasteiger partial charge in [-0.1, -0.05) is 36.4 Å². The molecule has 0 amide bonds. The van der Waals surface area contributed by atoms with Crippen LogP contribution in [0.4, 0.5) is 0 Å². The summed E-state index contributed by atoms with van der Waals surface area (Å²) in [4.78, 5) is 0. The number of hydrogen-bond acceptors (Lipinski definition) is 2. The second kappa shape index (κ2) is 5.51. The normalized spacial score (nSPS) is 17.1. The van der Waals surface area contributed by atoms with Crippen LogP contribution in [0.2, 0.25) is 0 Å². The second-order valence-electron chi connectivity index (χ2n) is 5.09. The number of rotatable bonds is 3. The Balaban J connectivity index is 1.66. The lowest BCUT2D eigenvalue weighted by Gasteiger charge is -2.23. The van der Waals surface area contributed by atoms with Gasteiger partial charge in [-0.15, -0.1) is 0 Å². The van der Waals surface area contributed by atoms with Crippen LogP contribution in [0.5, 0.6) is 0 Å². The van der Waals surface area contributed by atoms with E-state index in [4.69, 9.17) is 0 Å². The van der Waals surface area contributed by atoms with E-state index in [9.17, 15) is 0 Å². The maximum atomic E-state index is 3.66. The molecule has 0 bridgehead atoms.